The predicted molar refractivity (Wildman–Crippen MR) is 88.7 cm³/mol. The molecule has 0 amide bonds. The summed E-state index contributed by atoms with van der Waals surface area (Å²) in [5.74, 6) is 1.69. The summed E-state index contributed by atoms with van der Waals surface area (Å²) in [6, 6.07) is 5.42. The van der Waals surface area contributed by atoms with Gasteiger partial charge in [0, 0.05) is 12.2 Å². The molecule has 120 valence electrons. The lowest BCUT2D eigenvalue weighted by molar-refractivity contribution is 0.0917. The zero-order chi connectivity index (χ0) is 15.5. The van der Waals surface area contributed by atoms with Crippen molar-refractivity contribution in [2.24, 2.45) is 16.6 Å². The molecule has 3 N–H and O–H groups in total. The van der Waals surface area contributed by atoms with E-state index in [-0.39, 0.29) is 0 Å². The first-order valence-electron chi connectivity index (χ1n) is 7.71. The average Bonchev–Trinajstić information content (AvgIpc) is 3.10. The Morgan fingerprint density at radius 2 is 2.36 bits per heavy atom. The van der Waals surface area contributed by atoms with Crippen molar-refractivity contribution in [1.29, 1.82) is 0 Å². The summed E-state index contributed by atoms with van der Waals surface area (Å²) in [5.41, 5.74) is 6.72. The number of benzene rings is 1. The third-order valence-corrected chi connectivity index (χ3v) is 4.73. The van der Waals surface area contributed by atoms with E-state index in [4.69, 9.17) is 26.8 Å². The predicted octanol–water partition coefficient (Wildman–Crippen LogP) is 3.03. The molecule has 3 atom stereocenters. The molecule has 0 aliphatic carbocycles. The molecule has 2 heterocycles. The van der Waals surface area contributed by atoms with Crippen molar-refractivity contribution >= 4 is 23.2 Å². The number of rotatable bonds is 5. The minimum Gasteiger partial charge on any atom is -0.495 e. The molecule has 6 heteroatoms. The van der Waals surface area contributed by atoms with Crippen molar-refractivity contribution in [3.63, 3.8) is 0 Å². The second kappa shape index (κ2) is 6.75. The molecule has 2 saturated heterocycles. The topological polar surface area (TPSA) is 68.9 Å². The molecule has 2 bridgehead atoms. The molecular weight excluding hydrogens is 302 g/mol. The van der Waals surface area contributed by atoms with E-state index in [0.717, 1.165) is 18.7 Å². The summed E-state index contributed by atoms with van der Waals surface area (Å²) >= 11 is 6.08. The van der Waals surface area contributed by atoms with Crippen LogP contribution in [0, 0.1) is 5.92 Å². The van der Waals surface area contributed by atoms with Gasteiger partial charge in [0.1, 0.15) is 5.75 Å². The summed E-state index contributed by atoms with van der Waals surface area (Å²) in [7, 11) is 1.59. The Kier molecular flexibility index (Phi) is 4.74. The van der Waals surface area contributed by atoms with Crippen LogP contribution in [0.2, 0.25) is 5.02 Å². The monoisotopic (exact) mass is 323 g/mol. The third-order valence-electron chi connectivity index (χ3n) is 4.44. The normalized spacial score (nSPS) is 27.2. The number of methoxy groups -OCH3 is 1. The lowest BCUT2D eigenvalue weighted by atomic mass is 9.87. The number of ether oxygens (including phenoxy) is 2. The SMILES string of the molecule is COc1ccc(NC(N)=NCCC2CC3CCC2O3)cc1Cl. The smallest absolute Gasteiger partial charge is 0.193 e. The maximum absolute atomic E-state index is 6.08. The van der Waals surface area contributed by atoms with Crippen molar-refractivity contribution in [3.05, 3.63) is 23.2 Å². The van der Waals surface area contributed by atoms with Crippen molar-refractivity contribution in [1.82, 2.24) is 0 Å². The van der Waals surface area contributed by atoms with Gasteiger partial charge in [-0.2, -0.15) is 0 Å². The molecule has 0 saturated carbocycles. The fourth-order valence-corrected chi connectivity index (χ4v) is 3.59. The molecule has 5 nitrogen and oxygen atoms in total. The van der Waals surface area contributed by atoms with E-state index in [1.807, 2.05) is 6.07 Å². The highest BCUT2D eigenvalue weighted by atomic mass is 35.5. The van der Waals surface area contributed by atoms with Gasteiger partial charge in [0.15, 0.2) is 5.96 Å². The second-order valence-electron chi connectivity index (χ2n) is 5.90. The number of halogens is 1. The molecule has 2 aliphatic heterocycles. The van der Waals surface area contributed by atoms with Crippen LogP contribution in [0.4, 0.5) is 5.69 Å². The van der Waals surface area contributed by atoms with E-state index in [9.17, 15) is 0 Å². The Bertz CT molecular complexity index is 564. The molecule has 2 fully saturated rings. The van der Waals surface area contributed by atoms with Crippen molar-refractivity contribution in [3.8, 4) is 5.75 Å². The van der Waals surface area contributed by atoms with Gasteiger partial charge in [-0.15, -0.1) is 0 Å². The minimum atomic E-state index is 0.408. The molecule has 22 heavy (non-hydrogen) atoms. The first-order valence-corrected chi connectivity index (χ1v) is 8.09. The van der Waals surface area contributed by atoms with Crippen LogP contribution >= 0.6 is 11.6 Å². The molecular formula is C16H22ClN3O2. The standard InChI is InChI=1S/C16H22ClN3O2/c1-21-15-4-2-11(9-13(15)17)20-16(18)19-7-6-10-8-12-3-5-14(10)22-12/h2,4,9-10,12,14H,3,5-8H2,1H3,(H3,18,19,20). The van der Waals surface area contributed by atoms with Crippen LogP contribution in [0.25, 0.3) is 0 Å². The average molecular weight is 324 g/mol. The highest BCUT2D eigenvalue weighted by Crippen LogP contribution is 2.40. The molecule has 3 unspecified atom stereocenters. The van der Waals surface area contributed by atoms with Gasteiger partial charge >= 0.3 is 0 Å². The Morgan fingerprint density at radius 1 is 1.50 bits per heavy atom. The molecule has 3 rings (SSSR count). The van der Waals surface area contributed by atoms with Crippen LogP contribution in [0.3, 0.4) is 0 Å². The largest absolute Gasteiger partial charge is 0.495 e. The second-order valence-corrected chi connectivity index (χ2v) is 6.31. The van der Waals surface area contributed by atoms with Gasteiger partial charge in [0.25, 0.3) is 0 Å². The summed E-state index contributed by atoms with van der Waals surface area (Å²) in [5, 5.41) is 3.59. The number of aliphatic imine (C=N–C) groups is 1. The van der Waals surface area contributed by atoms with E-state index in [1.165, 1.54) is 19.3 Å². The number of hydrogen-bond donors (Lipinski definition) is 2. The van der Waals surface area contributed by atoms with Crippen molar-refractivity contribution in [2.75, 3.05) is 19.0 Å². The highest BCUT2D eigenvalue weighted by molar-refractivity contribution is 6.32. The Morgan fingerprint density at radius 3 is 3.00 bits per heavy atom. The van der Waals surface area contributed by atoms with Gasteiger partial charge in [-0.25, -0.2) is 0 Å². The van der Waals surface area contributed by atoms with Crippen LogP contribution < -0.4 is 15.8 Å². The summed E-state index contributed by atoms with van der Waals surface area (Å²) in [6.07, 6.45) is 5.60. The molecule has 1 aromatic carbocycles. The van der Waals surface area contributed by atoms with Crippen LogP contribution in [0.15, 0.2) is 23.2 Å². The van der Waals surface area contributed by atoms with Crippen molar-refractivity contribution < 1.29 is 9.47 Å². The Balaban J connectivity index is 1.49. The molecule has 0 spiro atoms. The summed E-state index contributed by atoms with van der Waals surface area (Å²) < 4.78 is 11.0. The molecule has 0 radical (unpaired) electrons. The maximum atomic E-state index is 6.08. The Labute approximate surface area is 135 Å². The van der Waals surface area contributed by atoms with Gasteiger partial charge < -0.3 is 20.5 Å². The van der Waals surface area contributed by atoms with E-state index >= 15 is 0 Å². The van der Waals surface area contributed by atoms with Crippen LogP contribution in [0.1, 0.15) is 25.7 Å². The number of anilines is 1. The minimum absolute atomic E-state index is 0.408. The fraction of sp³-hybridized carbons (Fsp3) is 0.562. The van der Waals surface area contributed by atoms with E-state index in [1.54, 1.807) is 19.2 Å². The number of nitrogens with zero attached hydrogens (tertiary/aromatic N) is 1. The first kappa shape index (κ1) is 15.4. The number of nitrogens with one attached hydrogen (secondary N) is 1. The van der Waals surface area contributed by atoms with Gasteiger partial charge in [0.2, 0.25) is 0 Å². The zero-order valence-electron chi connectivity index (χ0n) is 12.7. The molecule has 0 aromatic heterocycles. The lowest BCUT2D eigenvalue weighted by Crippen LogP contribution is -2.24. The quantitative estimate of drug-likeness (QED) is 0.645. The van der Waals surface area contributed by atoms with Gasteiger partial charge in [-0.05, 0) is 49.8 Å². The number of guanidine groups is 1. The van der Waals surface area contributed by atoms with E-state index in [0.29, 0.717) is 34.9 Å². The van der Waals surface area contributed by atoms with E-state index < -0.39 is 0 Å². The highest BCUT2D eigenvalue weighted by Gasteiger charge is 2.39. The summed E-state index contributed by atoms with van der Waals surface area (Å²) in [4.78, 5) is 4.39. The fourth-order valence-electron chi connectivity index (χ4n) is 3.33. The molecule has 2 aliphatic rings. The third kappa shape index (κ3) is 3.47. The van der Waals surface area contributed by atoms with Crippen LogP contribution in [-0.4, -0.2) is 31.8 Å². The van der Waals surface area contributed by atoms with Crippen LogP contribution in [0.5, 0.6) is 5.75 Å². The number of fused-ring (bicyclic) bond motifs is 2. The van der Waals surface area contributed by atoms with Gasteiger partial charge in [0.05, 0.1) is 24.3 Å². The lowest BCUT2D eigenvalue weighted by Gasteiger charge is -2.17. The first-order chi connectivity index (χ1) is 10.7. The van der Waals surface area contributed by atoms with Gasteiger partial charge in [-0.3, -0.25) is 4.99 Å². The van der Waals surface area contributed by atoms with Gasteiger partial charge in [-0.1, -0.05) is 11.6 Å². The number of nitrogens with two attached hydrogens (primary N) is 1. The maximum Gasteiger partial charge on any atom is 0.193 e. The van der Waals surface area contributed by atoms with Crippen LogP contribution in [-0.2, 0) is 4.74 Å². The van der Waals surface area contributed by atoms with E-state index in [2.05, 4.69) is 10.3 Å². The number of hydrogen-bond acceptors (Lipinski definition) is 3. The Hall–Kier alpha value is -1.46. The zero-order valence-corrected chi connectivity index (χ0v) is 13.5. The summed E-state index contributed by atoms with van der Waals surface area (Å²) in [6.45, 7) is 0.722. The van der Waals surface area contributed by atoms with Crippen molar-refractivity contribution in [2.45, 2.75) is 37.9 Å². The molecule has 1 aromatic rings.